The number of aryl methyl sites for hydroxylation is 1. The number of halogens is 2. The summed E-state index contributed by atoms with van der Waals surface area (Å²) in [6, 6.07) is 4.61. The third-order valence-electron chi connectivity index (χ3n) is 3.57. The molecular weight excluding hydrogens is 353 g/mol. The number of esters is 1. The largest absolute Gasteiger partial charge is 0.454 e. The molecule has 0 saturated heterocycles. The lowest BCUT2D eigenvalue weighted by atomic mass is 10.1. The first kappa shape index (κ1) is 18.2. The van der Waals surface area contributed by atoms with Crippen LogP contribution in [0.2, 0.25) is 10.0 Å². The number of ether oxygens (including phenoxy) is 1. The SMILES string of the molecule is CC(=O)c1c(C)[nH]c(C(=O)COC(=O)c2c(Cl)cccc2Cl)c1C. The van der Waals surface area contributed by atoms with Crippen molar-refractivity contribution in [3.63, 3.8) is 0 Å². The van der Waals surface area contributed by atoms with Crippen LogP contribution >= 0.6 is 23.2 Å². The number of nitrogens with one attached hydrogen (secondary N) is 1. The Labute approximate surface area is 148 Å². The lowest BCUT2D eigenvalue weighted by Gasteiger charge is -2.07. The van der Waals surface area contributed by atoms with Crippen LogP contribution in [0.3, 0.4) is 0 Å². The average molecular weight is 368 g/mol. The quantitative estimate of drug-likeness (QED) is 0.635. The van der Waals surface area contributed by atoms with Crippen molar-refractivity contribution in [3.8, 4) is 0 Å². The first-order valence-corrected chi connectivity index (χ1v) is 7.84. The van der Waals surface area contributed by atoms with Crippen LogP contribution in [0.1, 0.15) is 49.4 Å². The van der Waals surface area contributed by atoms with E-state index in [1.807, 2.05) is 0 Å². The molecule has 24 heavy (non-hydrogen) atoms. The summed E-state index contributed by atoms with van der Waals surface area (Å²) in [5, 5.41) is 0.288. The maximum Gasteiger partial charge on any atom is 0.341 e. The zero-order valence-electron chi connectivity index (χ0n) is 13.3. The van der Waals surface area contributed by atoms with Crippen LogP contribution in [0.25, 0.3) is 0 Å². The van der Waals surface area contributed by atoms with Gasteiger partial charge in [0.25, 0.3) is 0 Å². The second-order valence-corrected chi connectivity index (χ2v) is 6.09. The standard InChI is InChI=1S/C17H15Cl2NO4/c1-8-14(10(3)21)9(2)20-16(8)13(22)7-24-17(23)15-11(18)5-4-6-12(15)19/h4-6,20H,7H2,1-3H3. The number of carbonyl (C=O) groups excluding carboxylic acids is 3. The average Bonchev–Trinajstić information content (AvgIpc) is 2.79. The minimum absolute atomic E-state index is 0.0115. The number of ketones is 2. The third-order valence-corrected chi connectivity index (χ3v) is 4.20. The van der Waals surface area contributed by atoms with Crippen molar-refractivity contribution in [1.29, 1.82) is 0 Å². The normalized spacial score (nSPS) is 10.5. The van der Waals surface area contributed by atoms with E-state index in [1.54, 1.807) is 19.9 Å². The molecule has 0 radical (unpaired) electrons. The highest BCUT2D eigenvalue weighted by Crippen LogP contribution is 2.25. The molecule has 1 aromatic heterocycles. The van der Waals surface area contributed by atoms with Gasteiger partial charge in [-0.05, 0) is 38.5 Å². The number of Topliss-reactive ketones (excluding diaryl/α,β-unsaturated/α-hetero) is 2. The van der Waals surface area contributed by atoms with Crippen LogP contribution in [-0.4, -0.2) is 29.1 Å². The van der Waals surface area contributed by atoms with Crippen LogP contribution in [0, 0.1) is 13.8 Å². The molecule has 2 rings (SSSR count). The Morgan fingerprint density at radius 3 is 2.17 bits per heavy atom. The van der Waals surface area contributed by atoms with Gasteiger partial charge < -0.3 is 9.72 Å². The van der Waals surface area contributed by atoms with Crippen LogP contribution in [-0.2, 0) is 4.74 Å². The minimum Gasteiger partial charge on any atom is -0.454 e. The molecule has 0 atom stereocenters. The molecule has 7 heteroatoms. The Hall–Kier alpha value is -2.11. The van der Waals surface area contributed by atoms with E-state index in [0.29, 0.717) is 16.8 Å². The first-order chi connectivity index (χ1) is 11.2. The predicted molar refractivity (Wildman–Crippen MR) is 91.3 cm³/mol. The second kappa shape index (κ2) is 7.20. The monoisotopic (exact) mass is 367 g/mol. The van der Waals surface area contributed by atoms with Crippen molar-refractivity contribution in [2.75, 3.05) is 6.61 Å². The molecule has 0 fully saturated rings. The molecule has 5 nitrogen and oxygen atoms in total. The van der Waals surface area contributed by atoms with Gasteiger partial charge in [0, 0.05) is 11.3 Å². The fourth-order valence-electron chi connectivity index (χ4n) is 2.53. The molecule has 1 N–H and O–H groups in total. The van der Waals surface area contributed by atoms with Crippen LogP contribution in [0.5, 0.6) is 0 Å². The maximum absolute atomic E-state index is 12.3. The van der Waals surface area contributed by atoms with E-state index in [1.165, 1.54) is 19.1 Å². The predicted octanol–water partition coefficient (Wildman–Crippen LogP) is 4.18. The van der Waals surface area contributed by atoms with E-state index in [0.717, 1.165) is 0 Å². The summed E-state index contributed by atoms with van der Waals surface area (Å²) in [6.07, 6.45) is 0. The van der Waals surface area contributed by atoms with Gasteiger partial charge in [-0.15, -0.1) is 0 Å². The topological polar surface area (TPSA) is 76.2 Å². The molecule has 0 spiro atoms. The molecule has 0 bridgehead atoms. The number of benzene rings is 1. The summed E-state index contributed by atoms with van der Waals surface area (Å²) in [5.41, 5.74) is 1.87. The molecule has 0 aliphatic heterocycles. The second-order valence-electron chi connectivity index (χ2n) is 5.28. The van der Waals surface area contributed by atoms with Gasteiger partial charge in [0.2, 0.25) is 5.78 Å². The summed E-state index contributed by atoms with van der Waals surface area (Å²) in [7, 11) is 0. The molecule has 2 aromatic rings. The highest BCUT2D eigenvalue weighted by molar-refractivity contribution is 6.39. The zero-order valence-corrected chi connectivity index (χ0v) is 14.8. The number of hydrogen-bond acceptors (Lipinski definition) is 4. The van der Waals surface area contributed by atoms with Crippen molar-refractivity contribution in [3.05, 3.63) is 56.3 Å². The Bertz CT molecular complexity index is 819. The number of H-pyrrole nitrogens is 1. The summed E-state index contributed by atoms with van der Waals surface area (Å²) in [5.74, 6) is -1.37. The molecule has 0 amide bonds. The van der Waals surface area contributed by atoms with Gasteiger partial charge >= 0.3 is 5.97 Å². The lowest BCUT2D eigenvalue weighted by molar-refractivity contribution is 0.0473. The minimum atomic E-state index is -0.785. The molecule has 126 valence electrons. The van der Waals surface area contributed by atoms with E-state index >= 15 is 0 Å². The van der Waals surface area contributed by atoms with Gasteiger partial charge in [-0.1, -0.05) is 29.3 Å². The molecular formula is C17H15Cl2NO4. The first-order valence-electron chi connectivity index (χ1n) is 7.08. The third kappa shape index (κ3) is 3.52. The zero-order chi connectivity index (χ0) is 18.0. The molecule has 0 aliphatic carbocycles. The van der Waals surface area contributed by atoms with Crippen molar-refractivity contribution in [2.24, 2.45) is 0 Å². The fourth-order valence-corrected chi connectivity index (χ4v) is 3.08. The number of aromatic amines is 1. The van der Waals surface area contributed by atoms with E-state index in [4.69, 9.17) is 27.9 Å². The molecule has 1 aromatic carbocycles. The van der Waals surface area contributed by atoms with Gasteiger partial charge in [-0.25, -0.2) is 4.79 Å². The van der Waals surface area contributed by atoms with Gasteiger partial charge in [-0.2, -0.15) is 0 Å². The van der Waals surface area contributed by atoms with Gasteiger partial charge in [0.1, 0.15) is 0 Å². The fraction of sp³-hybridized carbons (Fsp3) is 0.235. The number of rotatable bonds is 5. The summed E-state index contributed by atoms with van der Waals surface area (Å²) >= 11 is 11.9. The van der Waals surface area contributed by atoms with Crippen LogP contribution in [0.15, 0.2) is 18.2 Å². The van der Waals surface area contributed by atoms with Crippen LogP contribution < -0.4 is 0 Å². The Morgan fingerprint density at radius 2 is 1.67 bits per heavy atom. The number of aromatic nitrogens is 1. The molecule has 0 aliphatic rings. The lowest BCUT2D eigenvalue weighted by Crippen LogP contribution is -2.16. The summed E-state index contributed by atoms with van der Waals surface area (Å²) in [6.45, 7) is 4.31. The molecule has 1 heterocycles. The Balaban J connectivity index is 2.16. The Morgan fingerprint density at radius 1 is 1.08 bits per heavy atom. The van der Waals surface area contributed by atoms with E-state index < -0.39 is 18.4 Å². The maximum atomic E-state index is 12.3. The highest BCUT2D eigenvalue weighted by atomic mass is 35.5. The highest BCUT2D eigenvalue weighted by Gasteiger charge is 2.22. The van der Waals surface area contributed by atoms with E-state index in [9.17, 15) is 14.4 Å². The Kier molecular flexibility index (Phi) is 5.47. The molecule has 0 unspecified atom stereocenters. The van der Waals surface area contributed by atoms with Crippen molar-refractivity contribution < 1.29 is 19.1 Å². The van der Waals surface area contributed by atoms with Gasteiger partial charge in [0.15, 0.2) is 12.4 Å². The smallest absolute Gasteiger partial charge is 0.341 e. The van der Waals surface area contributed by atoms with Crippen molar-refractivity contribution in [2.45, 2.75) is 20.8 Å². The van der Waals surface area contributed by atoms with Crippen molar-refractivity contribution in [1.82, 2.24) is 4.98 Å². The number of hydrogen-bond donors (Lipinski definition) is 1. The van der Waals surface area contributed by atoms with Crippen molar-refractivity contribution >= 4 is 40.7 Å². The van der Waals surface area contributed by atoms with E-state index in [-0.39, 0.29) is 27.1 Å². The van der Waals surface area contributed by atoms with Crippen LogP contribution in [0.4, 0.5) is 0 Å². The molecule has 0 saturated carbocycles. The number of carbonyl (C=O) groups is 3. The van der Waals surface area contributed by atoms with Gasteiger partial charge in [0.05, 0.1) is 21.3 Å². The van der Waals surface area contributed by atoms with E-state index in [2.05, 4.69) is 4.98 Å². The summed E-state index contributed by atoms with van der Waals surface area (Å²) in [4.78, 5) is 38.8. The van der Waals surface area contributed by atoms with Gasteiger partial charge in [-0.3, -0.25) is 9.59 Å². The summed E-state index contributed by atoms with van der Waals surface area (Å²) < 4.78 is 5.01.